The fourth-order valence-electron chi connectivity index (χ4n) is 0.635. The van der Waals surface area contributed by atoms with Gasteiger partial charge in [-0.1, -0.05) is 5.92 Å². The number of nitrogens with zero attached hydrogens (tertiary/aromatic N) is 3. The molecule has 6 heteroatoms. The molecule has 0 aliphatic heterocycles. The summed E-state index contributed by atoms with van der Waals surface area (Å²) in [6, 6.07) is 1.82. The molecule has 0 amide bonds. The summed E-state index contributed by atoms with van der Waals surface area (Å²) >= 11 is 0. The maximum Gasteiger partial charge on any atom is 0.341 e. The Labute approximate surface area is 73.4 Å². The summed E-state index contributed by atoms with van der Waals surface area (Å²) in [5.41, 5.74) is 0. The van der Waals surface area contributed by atoms with Crippen LogP contribution >= 0.6 is 0 Å². The molecule has 1 N–H and O–H groups in total. The first-order valence-electron chi connectivity index (χ1n) is 3.29. The summed E-state index contributed by atoms with van der Waals surface area (Å²) in [4.78, 5) is 15.6. The second-order valence-electron chi connectivity index (χ2n) is 2.01. The van der Waals surface area contributed by atoms with Gasteiger partial charge in [-0.3, -0.25) is 0 Å². The minimum absolute atomic E-state index is 0.0779. The molecule has 64 valence electrons. The molecule has 0 saturated carbocycles. The summed E-state index contributed by atoms with van der Waals surface area (Å²) in [5, 5.41) is 18.3. The third-order valence-corrected chi connectivity index (χ3v) is 1.13. The molecule has 0 atom stereocenters. The van der Waals surface area contributed by atoms with E-state index < -0.39 is 4.92 Å². The van der Waals surface area contributed by atoms with Gasteiger partial charge < -0.3 is 10.1 Å². The van der Waals surface area contributed by atoms with Crippen molar-refractivity contribution >= 4 is 5.82 Å². The van der Waals surface area contributed by atoms with Crippen LogP contribution in [0.4, 0.5) is 5.82 Å². The second-order valence-corrected chi connectivity index (χ2v) is 2.01. The molecular formula is C7H4N4O2. The summed E-state index contributed by atoms with van der Waals surface area (Å²) in [6.45, 7) is 0. The van der Waals surface area contributed by atoms with Crippen molar-refractivity contribution in [1.82, 2.24) is 9.97 Å². The van der Waals surface area contributed by atoms with Gasteiger partial charge in [-0.15, -0.1) is 0 Å². The van der Waals surface area contributed by atoms with E-state index in [0.29, 0.717) is 0 Å². The van der Waals surface area contributed by atoms with E-state index in [1.807, 2.05) is 6.07 Å². The second kappa shape index (κ2) is 3.88. The predicted octanol–water partition coefficient (Wildman–Crippen LogP) is 0.583. The first kappa shape index (κ1) is 8.75. The van der Waals surface area contributed by atoms with Gasteiger partial charge in [0, 0.05) is 0 Å². The zero-order valence-electron chi connectivity index (χ0n) is 6.44. The van der Waals surface area contributed by atoms with Crippen LogP contribution in [0.25, 0.3) is 0 Å². The molecule has 0 aliphatic rings. The van der Waals surface area contributed by atoms with Crippen LogP contribution in [0, 0.1) is 33.3 Å². The maximum atomic E-state index is 10.2. The van der Waals surface area contributed by atoms with Crippen molar-refractivity contribution in [3.63, 3.8) is 0 Å². The van der Waals surface area contributed by atoms with Crippen molar-refractivity contribution in [2.75, 3.05) is 0 Å². The Balaban J connectivity index is 2.78. The van der Waals surface area contributed by atoms with E-state index in [9.17, 15) is 10.1 Å². The molecule has 0 aliphatic carbocycles. The third kappa shape index (κ3) is 2.31. The van der Waals surface area contributed by atoms with Gasteiger partial charge in [-0.05, 0) is 10.8 Å². The highest BCUT2D eigenvalue weighted by Gasteiger charge is 2.06. The Morgan fingerprint density at radius 2 is 2.54 bits per heavy atom. The fraction of sp³-hybridized carbons (Fsp3) is 0.143. The molecular weight excluding hydrogens is 172 g/mol. The van der Waals surface area contributed by atoms with E-state index in [-0.39, 0.29) is 18.1 Å². The molecule has 0 saturated heterocycles. The number of aromatic amines is 1. The molecule has 1 heterocycles. The van der Waals surface area contributed by atoms with Gasteiger partial charge in [-0.2, -0.15) is 5.26 Å². The lowest BCUT2D eigenvalue weighted by Crippen LogP contribution is -1.86. The number of H-pyrrole nitrogens is 1. The fourth-order valence-corrected chi connectivity index (χ4v) is 0.635. The number of aromatic nitrogens is 2. The minimum Gasteiger partial charge on any atom is -0.358 e. The first-order valence-corrected chi connectivity index (χ1v) is 3.29. The molecule has 1 rings (SSSR count). The Hall–Kier alpha value is -2.34. The summed E-state index contributed by atoms with van der Waals surface area (Å²) in [6.07, 6.45) is 1.16. The SMILES string of the molecule is N#CCC#Cc1ncc([N+](=O)[O-])[nH]1. The zero-order valence-corrected chi connectivity index (χ0v) is 6.44. The molecule has 1 aromatic heterocycles. The Kier molecular flexibility index (Phi) is 2.61. The monoisotopic (exact) mass is 176 g/mol. The Bertz CT molecular complexity index is 418. The smallest absolute Gasteiger partial charge is 0.341 e. The van der Waals surface area contributed by atoms with Crippen LogP contribution in [0.15, 0.2) is 6.20 Å². The van der Waals surface area contributed by atoms with Crippen molar-refractivity contribution in [2.24, 2.45) is 0 Å². The van der Waals surface area contributed by atoms with E-state index in [1.165, 1.54) is 0 Å². The number of nitro groups is 1. The van der Waals surface area contributed by atoms with Crippen LogP contribution in [0.3, 0.4) is 0 Å². The largest absolute Gasteiger partial charge is 0.358 e. The van der Waals surface area contributed by atoms with Gasteiger partial charge in [-0.25, -0.2) is 9.97 Å². The topological polar surface area (TPSA) is 95.6 Å². The van der Waals surface area contributed by atoms with Gasteiger partial charge in [0.05, 0.1) is 12.5 Å². The van der Waals surface area contributed by atoms with Crippen molar-refractivity contribution in [2.45, 2.75) is 6.42 Å². The molecule has 13 heavy (non-hydrogen) atoms. The molecule has 1 aromatic rings. The van der Waals surface area contributed by atoms with Gasteiger partial charge in [0.25, 0.3) is 5.82 Å². The normalized spacial score (nSPS) is 8.23. The Morgan fingerprint density at radius 1 is 1.77 bits per heavy atom. The minimum atomic E-state index is -0.595. The summed E-state index contributed by atoms with van der Waals surface area (Å²) in [7, 11) is 0. The van der Waals surface area contributed by atoms with E-state index in [1.54, 1.807) is 0 Å². The van der Waals surface area contributed by atoms with Crippen LogP contribution in [0.5, 0.6) is 0 Å². The standard InChI is InChI=1S/C7H4N4O2/c8-4-2-1-3-6-9-5-7(10-6)11(12)13/h5H,2H2,(H,9,10). The van der Waals surface area contributed by atoms with E-state index in [4.69, 9.17) is 5.26 Å². The van der Waals surface area contributed by atoms with Gasteiger partial charge in [0.1, 0.15) is 6.20 Å². The molecule has 0 unspecified atom stereocenters. The quantitative estimate of drug-likeness (QED) is 0.384. The lowest BCUT2D eigenvalue weighted by molar-refractivity contribution is -0.389. The molecule has 0 radical (unpaired) electrons. The van der Waals surface area contributed by atoms with Gasteiger partial charge in [0.2, 0.25) is 0 Å². The van der Waals surface area contributed by atoms with Crippen molar-refractivity contribution in [1.29, 1.82) is 5.26 Å². The van der Waals surface area contributed by atoms with Crippen LogP contribution in [0.1, 0.15) is 12.2 Å². The van der Waals surface area contributed by atoms with Crippen molar-refractivity contribution in [3.8, 4) is 17.9 Å². The predicted molar refractivity (Wildman–Crippen MR) is 42.4 cm³/mol. The zero-order chi connectivity index (χ0) is 9.68. The van der Waals surface area contributed by atoms with Crippen molar-refractivity contribution in [3.05, 3.63) is 22.1 Å². The molecule has 0 spiro atoms. The lowest BCUT2D eigenvalue weighted by atomic mass is 10.4. The Morgan fingerprint density at radius 3 is 3.08 bits per heavy atom. The number of nitriles is 1. The highest BCUT2D eigenvalue weighted by atomic mass is 16.6. The van der Waals surface area contributed by atoms with E-state index in [0.717, 1.165) is 6.20 Å². The average molecular weight is 176 g/mol. The number of nitrogens with one attached hydrogen (secondary N) is 1. The number of hydrogen-bond donors (Lipinski definition) is 1. The third-order valence-electron chi connectivity index (χ3n) is 1.13. The molecule has 0 aromatic carbocycles. The maximum absolute atomic E-state index is 10.2. The molecule has 0 fully saturated rings. The van der Waals surface area contributed by atoms with Crippen molar-refractivity contribution < 1.29 is 4.92 Å². The van der Waals surface area contributed by atoms with E-state index in [2.05, 4.69) is 21.8 Å². The number of hydrogen-bond acceptors (Lipinski definition) is 4. The van der Waals surface area contributed by atoms with E-state index >= 15 is 0 Å². The van der Waals surface area contributed by atoms with Gasteiger partial charge in [0.15, 0.2) is 0 Å². The number of rotatable bonds is 1. The molecule has 6 nitrogen and oxygen atoms in total. The number of imidazole rings is 1. The first-order chi connectivity index (χ1) is 6.24. The highest BCUT2D eigenvalue weighted by Crippen LogP contribution is 2.04. The van der Waals surface area contributed by atoms with Gasteiger partial charge >= 0.3 is 5.82 Å². The average Bonchev–Trinajstić information content (AvgIpc) is 2.53. The van der Waals surface area contributed by atoms with Crippen LogP contribution in [-0.4, -0.2) is 14.9 Å². The molecule has 0 bridgehead atoms. The lowest BCUT2D eigenvalue weighted by Gasteiger charge is -1.83. The van der Waals surface area contributed by atoms with Crippen LogP contribution in [0.2, 0.25) is 0 Å². The summed E-state index contributed by atoms with van der Waals surface area (Å²) in [5.74, 6) is 4.94. The van der Waals surface area contributed by atoms with Crippen LogP contribution < -0.4 is 0 Å². The highest BCUT2D eigenvalue weighted by molar-refractivity contribution is 5.27. The summed E-state index contributed by atoms with van der Waals surface area (Å²) < 4.78 is 0. The van der Waals surface area contributed by atoms with Crippen LogP contribution in [-0.2, 0) is 0 Å².